The van der Waals surface area contributed by atoms with Crippen LogP contribution < -0.4 is 5.32 Å². The molecule has 0 saturated carbocycles. The van der Waals surface area contributed by atoms with Crippen LogP contribution in [0.25, 0.3) is 10.1 Å². The highest BCUT2D eigenvalue weighted by Gasteiger charge is 2.47. The summed E-state index contributed by atoms with van der Waals surface area (Å²) in [6, 6.07) is 9.22. The maximum Gasteiger partial charge on any atom is 0.329 e. The Hall–Kier alpha value is -3.62. The third kappa shape index (κ3) is 5.57. The van der Waals surface area contributed by atoms with E-state index in [1.807, 2.05) is 0 Å². The van der Waals surface area contributed by atoms with E-state index in [-0.39, 0.29) is 35.8 Å². The van der Waals surface area contributed by atoms with Crippen molar-refractivity contribution < 1.29 is 28.7 Å². The predicted octanol–water partition coefficient (Wildman–Crippen LogP) is 3.11. The Bertz CT molecular complexity index is 1660. The number of fused-ring (bicyclic) bond motifs is 2. The van der Waals surface area contributed by atoms with Crippen molar-refractivity contribution in [3.63, 3.8) is 0 Å². The lowest BCUT2D eigenvalue weighted by atomic mass is 9.89. The van der Waals surface area contributed by atoms with E-state index in [9.17, 15) is 34.0 Å². The molecule has 3 N–H and O–H groups in total. The first-order chi connectivity index (χ1) is 20.1. The quantitative estimate of drug-likeness (QED) is 0.360. The number of carbonyl (C=O) groups is 3. The number of benzene rings is 1. The molecule has 3 aliphatic rings. The van der Waals surface area contributed by atoms with Crippen molar-refractivity contribution in [1.29, 1.82) is 5.26 Å². The number of nitrogens with zero attached hydrogens (tertiary/aromatic N) is 4. The lowest BCUT2D eigenvalue weighted by molar-refractivity contribution is -0.148. The molecule has 0 bridgehead atoms. The molecular formula is C29H30N5O6PS. The second-order valence-corrected chi connectivity index (χ2v) is 14.0. The highest BCUT2D eigenvalue weighted by molar-refractivity contribution is 7.50. The van der Waals surface area contributed by atoms with Gasteiger partial charge >= 0.3 is 7.60 Å². The zero-order valence-electron chi connectivity index (χ0n) is 22.7. The van der Waals surface area contributed by atoms with Crippen LogP contribution in [-0.2, 0) is 20.3 Å². The molecule has 11 nitrogen and oxygen atoms in total. The smallest absolute Gasteiger partial charge is 0.329 e. The maximum atomic E-state index is 13.8. The van der Waals surface area contributed by atoms with E-state index < -0.39 is 19.7 Å². The first-order valence-corrected chi connectivity index (χ1v) is 16.6. The number of likely N-dealkylation sites (tertiary alicyclic amines) is 1. The molecule has 5 heterocycles. The molecule has 3 aliphatic heterocycles. The van der Waals surface area contributed by atoms with E-state index in [0.29, 0.717) is 47.3 Å². The fourth-order valence-corrected chi connectivity index (χ4v) is 8.03. The lowest BCUT2D eigenvalue weighted by Gasteiger charge is -2.42. The summed E-state index contributed by atoms with van der Waals surface area (Å²) in [6.07, 6.45) is 6.22. The standard InChI is InChI=1S/C29H30N5O6PS/c30-12-18-8-9-31-13-22(18)20-14-33(15-20)29(37)24-6-5-21-2-1-3-23(28(36)34(21)24)32-27(35)26-11-19-10-17(16-41(38,39)40)4-7-25(19)42-26/h4,7-11,13,20-21,23-24H,1-3,5-6,14-16H2,(H,32,35)(H2,38,39,40)/t21-,23-,24-/m0/s1. The fraction of sp³-hybridized carbons (Fsp3) is 0.414. The van der Waals surface area contributed by atoms with Crippen molar-refractivity contribution in [2.45, 2.75) is 62.3 Å². The minimum absolute atomic E-state index is 0.0364. The van der Waals surface area contributed by atoms with Crippen LogP contribution in [0.3, 0.4) is 0 Å². The van der Waals surface area contributed by atoms with Gasteiger partial charge in [0, 0.05) is 42.1 Å². The molecule has 0 spiro atoms. The second kappa shape index (κ2) is 11.2. The minimum Gasteiger partial charge on any atom is -0.340 e. The van der Waals surface area contributed by atoms with E-state index in [2.05, 4.69) is 16.4 Å². The molecule has 2 aromatic heterocycles. The van der Waals surface area contributed by atoms with Crippen LogP contribution >= 0.6 is 18.9 Å². The van der Waals surface area contributed by atoms with Gasteiger partial charge in [-0.25, -0.2) is 0 Å². The molecule has 3 aromatic rings. The number of nitriles is 1. The molecule has 3 amide bonds. The molecule has 3 atom stereocenters. The Morgan fingerprint density at radius 3 is 2.71 bits per heavy atom. The summed E-state index contributed by atoms with van der Waals surface area (Å²) in [5.41, 5.74) is 1.88. The number of amides is 3. The molecular weight excluding hydrogens is 577 g/mol. The van der Waals surface area contributed by atoms with E-state index in [1.54, 1.807) is 52.5 Å². The Labute approximate surface area is 246 Å². The normalized spacial score (nSPS) is 22.8. The number of carbonyl (C=O) groups excluding carboxylic acids is 3. The van der Waals surface area contributed by atoms with Gasteiger partial charge < -0.3 is 24.9 Å². The Morgan fingerprint density at radius 1 is 1.14 bits per heavy atom. The molecule has 6 rings (SSSR count). The summed E-state index contributed by atoms with van der Waals surface area (Å²) < 4.78 is 12.2. The molecule has 0 aliphatic carbocycles. The Morgan fingerprint density at radius 2 is 1.95 bits per heavy atom. The van der Waals surface area contributed by atoms with E-state index >= 15 is 0 Å². The Kier molecular flexibility index (Phi) is 7.62. The number of aromatic nitrogens is 1. The van der Waals surface area contributed by atoms with Crippen molar-refractivity contribution in [3.05, 3.63) is 64.3 Å². The minimum atomic E-state index is -4.22. The van der Waals surface area contributed by atoms with Gasteiger partial charge in [0.25, 0.3) is 5.91 Å². The third-order valence-electron chi connectivity index (χ3n) is 8.47. The summed E-state index contributed by atoms with van der Waals surface area (Å²) in [4.78, 5) is 67.1. The first kappa shape index (κ1) is 28.5. The van der Waals surface area contributed by atoms with Crippen molar-refractivity contribution in [1.82, 2.24) is 20.1 Å². The summed E-state index contributed by atoms with van der Waals surface area (Å²) in [5, 5.41) is 13.0. The van der Waals surface area contributed by atoms with Gasteiger partial charge in [0.05, 0.1) is 22.7 Å². The van der Waals surface area contributed by atoms with Gasteiger partial charge in [-0.1, -0.05) is 6.07 Å². The van der Waals surface area contributed by atoms with Gasteiger partial charge in [0.1, 0.15) is 12.1 Å². The SMILES string of the molecule is N#Cc1ccncc1C1CN(C(=O)[C@@H]2CC[C@@H]3CCC[C@H](NC(=O)c4cc5cc(CP(=O)(O)O)ccc5s4)C(=O)N32)C1. The fourth-order valence-electron chi connectivity index (χ4n) is 6.41. The summed E-state index contributed by atoms with van der Waals surface area (Å²) >= 11 is 1.25. The van der Waals surface area contributed by atoms with Crippen LogP contribution in [-0.4, -0.2) is 73.5 Å². The largest absolute Gasteiger partial charge is 0.340 e. The van der Waals surface area contributed by atoms with Crippen molar-refractivity contribution in [2.75, 3.05) is 13.1 Å². The second-order valence-electron chi connectivity index (χ2n) is 11.3. The number of thiophene rings is 1. The van der Waals surface area contributed by atoms with Crippen LogP contribution in [0.5, 0.6) is 0 Å². The highest BCUT2D eigenvalue weighted by atomic mass is 32.1. The molecule has 13 heteroatoms. The van der Waals surface area contributed by atoms with Crippen LogP contribution in [0.2, 0.25) is 0 Å². The van der Waals surface area contributed by atoms with E-state index in [0.717, 1.165) is 29.5 Å². The number of hydrogen-bond donors (Lipinski definition) is 3. The third-order valence-corrected chi connectivity index (χ3v) is 10.4. The number of hydrogen-bond acceptors (Lipinski definition) is 7. The number of pyridine rings is 1. The monoisotopic (exact) mass is 607 g/mol. The highest BCUT2D eigenvalue weighted by Crippen LogP contribution is 2.40. The lowest BCUT2D eigenvalue weighted by Crippen LogP contribution is -2.58. The van der Waals surface area contributed by atoms with Gasteiger partial charge in [0.2, 0.25) is 11.8 Å². The van der Waals surface area contributed by atoms with Crippen molar-refractivity contribution in [3.8, 4) is 6.07 Å². The number of rotatable bonds is 6. The Balaban J connectivity index is 1.13. The van der Waals surface area contributed by atoms with Gasteiger partial charge in [-0.2, -0.15) is 5.26 Å². The average Bonchev–Trinajstić information content (AvgIpc) is 3.51. The van der Waals surface area contributed by atoms with Crippen molar-refractivity contribution >= 4 is 46.7 Å². The van der Waals surface area contributed by atoms with Gasteiger partial charge in [-0.3, -0.25) is 23.9 Å². The molecule has 218 valence electrons. The number of nitrogens with one attached hydrogen (secondary N) is 1. The van der Waals surface area contributed by atoms with E-state index in [4.69, 9.17) is 0 Å². The molecule has 3 saturated heterocycles. The van der Waals surface area contributed by atoms with Crippen LogP contribution in [0.4, 0.5) is 0 Å². The zero-order chi connectivity index (χ0) is 29.6. The van der Waals surface area contributed by atoms with Gasteiger partial charge in [-0.15, -0.1) is 11.3 Å². The molecule has 1 aromatic carbocycles. The summed E-state index contributed by atoms with van der Waals surface area (Å²) in [7, 11) is -4.22. The maximum absolute atomic E-state index is 13.8. The first-order valence-electron chi connectivity index (χ1n) is 13.9. The van der Waals surface area contributed by atoms with Crippen molar-refractivity contribution in [2.24, 2.45) is 0 Å². The molecule has 3 fully saturated rings. The predicted molar refractivity (Wildman–Crippen MR) is 155 cm³/mol. The van der Waals surface area contributed by atoms with Crippen LogP contribution in [0.15, 0.2) is 42.7 Å². The topological polar surface area (TPSA) is 164 Å². The summed E-state index contributed by atoms with van der Waals surface area (Å²) in [6.45, 7) is 0.953. The molecule has 0 unspecified atom stereocenters. The van der Waals surface area contributed by atoms with Gasteiger partial charge in [0.15, 0.2) is 0 Å². The van der Waals surface area contributed by atoms with Gasteiger partial charge in [-0.05, 0) is 72.9 Å². The zero-order valence-corrected chi connectivity index (χ0v) is 24.4. The molecule has 42 heavy (non-hydrogen) atoms. The van der Waals surface area contributed by atoms with Crippen LogP contribution in [0.1, 0.15) is 64.4 Å². The van der Waals surface area contributed by atoms with Crippen LogP contribution in [0, 0.1) is 11.3 Å². The summed E-state index contributed by atoms with van der Waals surface area (Å²) in [5.74, 6) is -0.674. The van der Waals surface area contributed by atoms with E-state index in [1.165, 1.54) is 11.3 Å². The average molecular weight is 608 g/mol. The molecule has 0 radical (unpaired) electrons.